The molecular formula is C17H21FN2O2. The molecule has 3 aliphatic heterocycles. The zero-order chi connectivity index (χ0) is 15.2. The molecule has 3 saturated heterocycles. The molecule has 1 amide bonds. The van der Waals surface area contributed by atoms with Gasteiger partial charge in [-0.2, -0.15) is 0 Å². The summed E-state index contributed by atoms with van der Waals surface area (Å²) in [6.45, 7) is 4.03. The van der Waals surface area contributed by atoms with Gasteiger partial charge in [-0.15, -0.1) is 0 Å². The number of piperidine rings is 1. The Kier molecular flexibility index (Phi) is 3.42. The number of carbonyl (C=O) groups is 1. The van der Waals surface area contributed by atoms with Gasteiger partial charge in [-0.05, 0) is 43.5 Å². The molecule has 1 aromatic carbocycles. The summed E-state index contributed by atoms with van der Waals surface area (Å²) in [6, 6.07) is 6.37. The molecule has 1 aromatic rings. The van der Waals surface area contributed by atoms with Crippen LogP contribution in [0.25, 0.3) is 0 Å². The monoisotopic (exact) mass is 304 g/mol. The Balaban J connectivity index is 1.65. The lowest BCUT2D eigenvalue weighted by Gasteiger charge is -2.37. The average Bonchev–Trinajstić information content (AvgIpc) is 3.12. The second-order valence-electron chi connectivity index (χ2n) is 6.74. The maximum Gasteiger partial charge on any atom is 0.257 e. The molecular weight excluding hydrogens is 283 g/mol. The molecule has 0 radical (unpaired) electrons. The van der Waals surface area contributed by atoms with E-state index < -0.39 is 5.82 Å². The van der Waals surface area contributed by atoms with E-state index in [-0.39, 0.29) is 22.9 Å². The largest absolute Gasteiger partial charge is 0.379 e. The van der Waals surface area contributed by atoms with E-state index in [1.54, 1.807) is 18.2 Å². The van der Waals surface area contributed by atoms with E-state index in [1.165, 1.54) is 6.07 Å². The third-order valence-corrected chi connectivity index (χ3v) is 5.69. The van der Waals surface area contributed by atoms with Crippen molar-refractivity contribution in [2.45, 2.75) is 18.9 Å². The summed E-state index contributed by atoms with van der Waals surface area (Å²) in [5, 5.41) is 3.40. The summed E-state index contributed by atoms with van der Waals surface area (Å²) in [4.78, 5) is 14.7. The van der Waals surface area contributed by atoms with Crippen LogP contribution < -0.4 is 5.32 Å². The van der Waals surface area contributed by atoms with Crippen molar-refractivity contribution in [3.63, 3.8) is 0 Å². The molecule has 5 heteroatoms. The van der Waals surface area contributed by atoms with E-state index >= 15 is 0 Å². The molecule has 3 fully saturated rings. The molecule has 1 spiro atoms. The molecule has 3 aliphatic rings. The van der Waals surface area contributed by atoms with Gasteiger partial charge in [-0.1, -0.05) is 12.1 Å². The van der Waals surface area contributed by atoms with Crippen molar-refractivity contribution in [1.82, 2.24) is 10.2 Å². The van der Waals surface area contributed by atoms with Gasteiger partial charge in [-0.25, -0.2) is 4.39 Å². The van der Waals surface area contributed by atoms with Crippen molar-refractivity contribution >= 4 is 5.91 Å². The topological polar surface area (TPSA) is 41.6 Å². The SMILES string of the molecule is O=C(c1ccccc1F)N1CC2(CCNCC2)[C@@H]2COC[C@@H]21. The quantitative estimate of drug-likeness (QED) is 0.858. The molecule has 4 nitrogen and oxygen atoms in total. The third kappa shape index (κ3) is 2.07. The number of fused-ring (bicyclic) bond motifs is 2. The van der Waals surface area contributed by atoms with Crippen LogP contribution in [-0.2, 0) is 4.74 Å². The molecule has 1 N–H and O–H groups in total. The number of carbonyl (C=O) groups excluding carboxylic acids is 1. The number of halogens is 1. The summed E-state index contributed by atoms with van der Waals surface area (Å²) in [6.07, 6.45) is 2.14. The first-order chi connectivity index (χ1) is 10.7. The van der Waals surface area contributed by atoms with E-state index in [0.717, 1.165) is 39.1 Å². The highest BCUT2D eigenvalue weighted by atomic mass is 19.1. The number of benzene rings is 1. The van der Waals surface area contributed by atoms with Crippen LogP contribution in [0.5, 0.6) is 0 Å². The predicted molar refractivity (Wildman–Crippen MR) is 80.1 cm³/mol. The Morgan fingerprint density at radius 2 is 2.05 bits per heavy atom. The highest BCUT2D eigenvalue weighted by Gasteiger charge is 2.56. The molecule has 0 saturated carbocycles. The molecule has 22 heavy (non-hydrogen) atoms. The first-order valence-electron chi connectivity index (χ1n) is 8.05. The van der Waals surface area contributed by atoms with Crippen LogP contribution in [0.1, 0.15) is 23.2 Å². The van der Waals surface area contributed by atoms with Crippen LogP contribution in [0.3, 0.4) is 0 Å². The van der Waals surface area contributed by atoms with Crippen molar-refractivity contribution in [2.24, 2.45) is 11.3 Å². The van der Waals surface area contributed by atoms with Gasteiger partial charge in [0.25, 0.3) is 5.91 Å². The number of nitrogens with zero attached hydrogens (tertiary/aromatic N) is 1. The summed E-state index contributed by atoms with van der Waals surface area (Å²) in [5.41, 5.74) is 0.326. The minimum Gasteiger partial charge on any atom is -0.379 e. The number of likely N-dealkylation sites (tertiary alicyclic amines) is 1. The van der Waals surface area contributed by atoms with Crippen molar-refractivity contribution in [2.75, 3.05) is 32.8 Å². The van der Waals surface area contributed by atoms with E-state index in [1.807, 2.05) is 4.90 Å². The smallest absolute Gasteiger partial charge is 0.257 e. The van der Waals surface area contributed by atoms with Crippen LogP contribution in [0.2, 0.25) is 0 Å². The molecule has 0 aromatic heterocycles. The Labute approximate surface area is 129 Å². The van der Waals surface area contributed by atoms with Crippen LogP contribution in [0.4, 0.5) is 4.39 Å². The minimum absolute atomic E-state index is 0.102. The Bertz CT molecular complexity index is 586. The van der Waals surface area contributed by atoms with E-state index in [2.05, 4.69) is 5.32 Å². The maximum atomic E-state index is 14.0. The summed E-state index contributed by atoms with van der Waals surface area (Å²) in [7, 11) is 0. The number of hydrogen-bond acceptors (Lipinski definition) is 3. The third-order valence-electron chi connectivity index (χ3n) is 5.69. The fraction of sp³-hybridized carbons (Fsp3) is 0.588. The fourth-order valence-corrected chi connectivity index (χ4v) is 4.47. The van der Waals surface area contributed by atoms with Gasteiger partial charge >= 0.3 is 0 Å². The molecule has 2 atom stereocenters. The molecule has 118 valence electrons. The summed E-state index contributed by atoms with van der Waals surface area (Å²) >= 11 is 0. The van der Waals surface area contributed by atoms with E-state index in [0.29, 0.717) is 12.5 Å². The Morgan fingerprint density at radius 3 is 2.82 bits per heavy atom. The lowest BCUT2D eigenvalue weighted by Crippen LogP contribution is -2.43. The number of nitrogens with one attached hydrogen (secondary N) is 1. The standard InChI is InChI=1S/C17H21FN2O2/c18-14-4-2-1-3-12(14)16(21)20-11-17(5-7-19-8-6-17)13-9-22-10-15(13)20/h1-4,13,15,19H,5-11H2/t13-,15+/m1/s1. The van der Waals surface area contributed by atoms with Crippen LogP contribution >= 0.6 is 0 Å². The lowest BCUT2D eigenvalue weighted by molar-refractivity contribution is 0.0603. The highest BCUT2D eigenvalue weighted by Crippen LogP contribution is 2.49. The second kappa shape index (κ2) is 5.32. The zero-order valence-corrected chi connectivity index (χ0v) is 12.6. The normalized spacial score (nSPS) is 29.8. The number of ether oxygens (including phenoxy) is 1. The van der Waals surface area contributed by atoms with Gasteiger partial charge in [0, 0.05) is 12.5 Å². The maximum absolute atomic E-state index is 14.0. The van der Waals surface area contributed by atoms with Crippen molar-refractivity contribution in [3.8, 4) is 0 Å². The van der Waals surface area contributed by atoms with E-state index in [9.17, 15) is 9.18 Å². The molecule has 0 aliphatic carbocycles. The van der Waals surface area contributed by atoms with Gasteiger partial charge in [0.15, 0.2) is 0 Å². The number of amides is 1. The van der Waals surface area contributed by atoms with E-state index in [4.69, 9.17) is 4.74 Å². The van der Waals surface area contributed by atoms with Gasteiger partial charge in [0.05, 0.1) is 24.8 Å². The van der Waals surface area contributed by atoms with Crippen molar-refractivity contribution in [3.05, 3.63) is 35.6 Å². The van der Waals surface area contributed by atoms with Gasteiger partial charge in [-0.3, -0.25) is 4.79 Å². The van der Waals surface area contributed by atoms with Crippen LogP contribution in [0.15, 0.2) is 24.3 Å². The van der Waals surface area contributed by atoms with Gasteiger partial charge < -0.3 is 15.0 Å². The lowest BCUT2D eigenvalue weighted by atomic mass is 9.70. The fourth-order valence-electron chi connectivity index (χ4n) is 4.47. The second-order valence-corrected chi connectivity index (χ2v) is 6.74. The Hall–Kier alpha value is -1.46. The average molecular weight is 304 g/mol. The Morgan fingerprint density at radius 1 is 1.27 bits per heavy atom. The van der Waals surface area contributed by atoms with Crippen molar-refractivity contribution < 1.29 is 13.9 Å². The van der Waals surface area contributed by atoms with Gasteiger partial charge in [0.2, 0.25) is 0 Å². The predicted octanol–water partition coefficient (Wildman–Crippen LogP) is 1.67. The number of hydrogen-bond donors (Lipinski definition) is 1. The number of rotatable bonds is 1. The zero-order valence-electron chi connectivity index (χ0n) is 12.6. The molecule has 4 rings (SSSR count). The summed E-state index contributed by atoms with van der Waals surface area (Å²) in [5.74, 6) is -0.228. The molecule has 3 heterocycles. The minimum atomic E-state index is -0.436. The van der Waals surface area contributed by atoms with Crippen molar-refractivity contribution in [1.29, 1.82) is 0 Å². The summed E-state index contributed by atoms with van der Waals surface area (Å²) < 4.78 is 19.7. The highest BCUT2D eigenvalue weighted by molar-refractivity contribution is 5.95. The van der Waals surface area contributed by atoms with Crippen LogP contribution in [-0.4, -0.2) is 49.7 Å². The first kappa shape index (κ1) is 14.2. The first-order valence-corrected chi connectivity index (χ1v) is 8.05. The van der Waals surface area contributed by atoms with Crippen LogP contribution in [0, 0.1) is 17.2 Å². The van der Waals surface area contributed by atoms with Gasteiger partial charge in [0.1, 0.15) is 5.82 Å². The molecule has 0 bridgehead atoms. The molecule has 0 unspecified atom stereocenters.